The van der Waals surface area contributed by atoms with E-state index in [1.54, 1.807) is 5.82 Å². The molecule has 0 N–H and O–H groups in total. The van der Waals surface area contributed by atoms with Crippen molar-refractivity contribution in [1.29, 1.82) is 0 Å². The topological polar surface area (TPSA) is 26.3 Å². The van der Waals surface area contributed by atoms with Crippen molar-refractivity contribution in [3.63, 3.8) is 0 Å². The van der Waals surface area contributed by atoms with Gasteiger partial charge in [-0.1, -0.05) is 6.92 Å². The molecule has 58 valence electrons. The van der Waals surface area contributed by atoms with Crippen LogP contribution in [-0.4, -0.2) is 6.10 Å². The van der Waals surface area contributed by atoms with E-state index in [0.29, 0.717) is 0 Å². The zero-order chi connectivity index (χ0) is 7.98. The molecule has 0 rings (SSSR count). The van der Waals surface area contributed by atoms with Crippen molar-refractivity contribution in [3.05, 3.63) is 11.9 Å². The Bertz CT molecular complexity index is 130. The lowest BCUT2D eigenvalue weighted by Crippen LogP contribution is -1.92. The largest absolute Gasteiger partial charge is 0.540 e. The minimum absolute atomic E-state index is 0.0464. The average Bonchev–Trinajstić information content (AvgIpc) is 1.82. The van der Waals surface area contributed by atoms with Crippen molar-refractivity contribution >= 4 is 8.03 Å². The average molecular weight is 161 g/mol. The highest BCUT2D eigenvalue weighted by molar-refractivity contribution is 7.42. The zero-order valence-corrected chi connectivity index (χ0v) is 7.60. The van der Waals surface area contributed by atoms with E-state index >= 15 is 0 Å². The fourth-order valence-corrected chi connectivity index (χ4v) is 1.30. The summed E-state index contributed by atoms with van der Waals surface area (Å²) in [6.45, 7) is 5.73. The number of hydrogen-bond donors (Lipinski definition) is 0. The lowest BCUT2D eigenvalue weighted by Gasteiger charge is -1.88. The Balaban J connectivity index is 3.54. The second-order valence-corrected chi connectivity index (χ2v) is 3.31. The third-order valence-corrected chi connectivity index (χ3v) is 1.86. The smallest absolute Gasteiger partial charge is 0.140 e. The van der Waals surface area contributed by atoms with Crippen molar-refractivity contribution < 1.29 is 9.09 Å². The van der Waals surface area contributed by atoms with E-state index < -0.39 is 8.03 Å². The van der Waals surface area contributed by atoms with Gasteiger partial charge >= 0.3 is 8.03 Å². The minimum Gasteiger partial charge on any atom is -0.140 e. The SMILES string of the molecule is CC/C=C/[P+](=O)OC(C)C. The Morgan fingerprint density at radius 1 is 1.60 bits per heavy atom. The molecular formula is C7H14O2P+. The summed E-state index contributed by atoms with van der Waals surface area (Å²) in [5, 5.41) is 0. The Morgan fingerprint density at radius 2 is 2.20 bits per heavy atom. The van der Waals surface area contributed by atoms with E-state index in [2.05, 4.69) is 0 Å². The van der Waals surface area contributed by atoms with Gasteiger partial charge in [-0.25, -0.2) is 0 Å². The molecule has 0 bridgehead atoms. The maximum atomic E-state index is 10.9. The van der Waals surface area contributed by atoms with Crippen molar-refractivity contribution in [2.75, 3.05) is 0 Å². The van der Waals surface area contributed by atoms with Gasteiger partial charge in [-0.05, 0) is 30.9 Å². The fourth-order valence-electron chi connectivity index (χ4n) is 0.434. The van der Waals surface area contributed by atoms with Crippen LogP contribution in [0.3, 0.4) is 0 Å². The quantitative estimate of drug-likeness (QED) is 0.592. The second kappa shape index (κ2) is 5.57. The molecule has 0 saturated heterocycles. The lowest BCUT2D eigenvalue weighted by molar-refractivity contribution is 0.260. The predicted molar refractivity (Wildman–Crippen MR) is 43.3 cm³/mol. The van der Waals surface area contributed by atoms with Gasteiger partial charge in [-0.3, -0.25) is 0 Å². The summed E-state index contributed by atoms with van der Waals surface area (Å²) >= 11 is 0. The molecule has 1 atom stereocenters. The third-order valence-electron chi connectivity index (χ3n) is 0.778. The van der Waals surface area contributed by atoms with Crippen LogP contribution in [0.25, 0.3) is 0 Å². The molecule has 0 radical (unpaired) electrons. The molecule has 0 aliphatic carbocycles. The highest BCUT2D eigenvalue weighted by Crippen LogP contribution is 2.25. The van der Waals surface area contributed by atoms with Crippen LogP contribution in [0.2, 0.25) is 0 Å². The molecule has 0 amide bonds. The highest BCUT2D eigenvalue weighted by Gasteiger charge is 2.13. The molecule has 10 heavy (non-hydrogen) atoms. The summed E-state index contributed by atoms with van der Waals surface area (Å²) in [6, 6.07) is 0. The standard InChI is InChI=1S/C7H14O2P/c1-4-5-6-10(8)9-7(2)3/h5-7H,4H2,1-3H3/q+1/b6-5+. The summed E-state index contributed by atoms with van der Waals surface area (Å²) in [6.07, 6.45) is 2.80. The van der Waals surface area contributed by atoms with E-state index in [-0.39, 0.29) is 6.10 Å². The van der Waals surface area contributed by atoms with Crippen molar-refractivity contribution in [2.24, 2.45) is 0 Å². The summed E-state index contributed by atoms with van der Waals surface area (Å²) in [7, 11) is -1.56. The highest BCUT2D eigenvalue weighted by atomic mass is 31.1. The van der Waals surface area contributed by atoms with Gasteiger partial charge in [0.2, 0.25) is 0 Å². The van der Waals surface area contributed by atoms with Gasteiger partial charge < -0.3 is 0 Å². The number of hydrogen-bond acceptors (Lipinski definition) is 2. The van der Waals surface area contributed by atoms with Gasteiger partial charge in [0.05, 0.1) is 0 Å². The van der Waals surface area contributed by atoms with Crippen molar-refractivity contribution in [1.82, 2.24) is 0 Å². The van der Waals surface area contributed by atoms with E-state index in [0.717, 1.165) is 6.42 Å². The molecule has 0 aliphatic rings. The van der Waals surface area contributed by atoms with Gasteiger partial charge in [0.25, 0.3) is 0 Å². The van der Waals surface area contributed by atoms with Gasteiger partial charge in [-0.15, -0.1) is 4.52 Å². The van der Waals surface area contributed by atoms with Crippen LogP contribution in [0.5, 0.6) is 0 Å². The van der Waals surface area contributed by atoms with Gasteiger partial charge in [-0.2, -0.15) is 0 Å². The summed E-state index contributed by atoms with van der Waals surface area (Å²) in [5.74, 6) is 1.61. The van der Waals surface area contributed by atoms with Crippen LogP contribution >= 0.6 is 8.03 Å². The van der Waals surface area contributed by atoms with Crippen molar-refractivity contribution in [2.45, 2.75) is 33.3 Å². The van der Waals surface area contributed by atoms with Gasteiger partial charge in [0.15, 0.2) is 5.82 Å². The molecule has 0 heterocycles. The van der Waals surface area contributed by atoms with Gasteiger partial charge in [0, 0.05) is 0 Å². The Hall–Kier alpha value is -0.200. The van der Waals surface area contributed by atoms with Crippen molar-refractivity contribution in [3.8, 4) is 0 Å². The van der Waals surface area contributed by atoms with E-state index in [9.17, 15) is 4.57 Å². The lowest BCUT2D eigenvalue weighted by atomic mass is 10.5. The first kappa shape index (κ1) is 9.80. The molecule has 0 spiro atoms. The zero-order valence-electron chi connectivity index (χ0n) is 6.70. The molecule has 0 aromatic carbocycles. The van der Waals surface area contributed by atoms with E-state index in [1.807, 2.05) is 26.8 Å². The predicted octanol–water partition coefficient (Wildman–Crippen LogP) is 3.08. The van der Waals surface area contributed by atoms with Crippen LogP contribution < -0.4 is 0 Å². The van der Waals surface area contributed by atoms with E-state index in [4.69, 9.17) is 4.52 Å². The molecular weight excluding hydrogens is 147 g/mol. The molecule has 0 aromatic rings. The first-order valence-electron chi connectivity index (χ1n) is 3.46. The van der Waals surface area contributed by atoms with Crippen LogP contribution in [0.4, 0.5) is 0 Å². The summed E-state index contributed by atoms with van der Waals surface area (Å²) in [5.41, 5.74) is 0. The molecule has 0 fully saturated rings. The van der Waals surface area contributed by atoms with Crippen LogP contribution in [-0.2, 0) is 9.09 Å². The number of rotatable bonds is 4. The molecule has 0 aromatic heterocycles. The minimum atomic E-state index is -1.56. The monoisotopic (exact) mass is 161 g/mol. The van der Waals surface area contributed by atoms with Crippen LogP contribution in [0.1, 0.15) is 27.2 Å². The molecule has 2 nitrogen and oxygen atoms in total. The Labute approximate surface area is 63.1 Å². The molecule has 3 heteroatoms. The normalized spacial score (nSPS) is 13.0. The fraction of sp³-hybridized carbons (Fsp3) is 0.714. The molecule has 1 unspecified atom stereocenters. The van der Waals surface area contributed by atoms with E-state index in [1.165, 1.54) is 0 Å². The maximum Gasteiger partial charge on any atom is 0.540 e. The summed E-state index contributed by atoms with van der Waals surface area (Å²) in [4.78, 5) is 0. The molecule has 0 saturated carbocycles. The third kappa shape index (κ3) is 5.93. The summed E-state index contributed by atoms with van der Waals surface area (Å²) < 4.78 is 15.8. The number of allylic oxidation sites excluding steroid dienone is 1. The Morgan fingerprint density at radius 3 is 2.60 bits per heavy atom. The Kier molecular flexibility index (Phi) is 5.46. The van der Waals surface area contributed by atoms with Crippen LogP contribution in [0, 0.1) is 0 Å². The first-order valence-corrected chi connectivity index (χ1v) is 4.71. The van der Waals surface area contributed by atoms with Gasteiger partial charge in [0.1, 0.15) is 6.10 Å². The maximum absolute atomic E-state index is 10.9. The first-order chi connectivity index (χ1) is 4.66. The van der Waals surface area contributed by atoms with Crippen LogP contribution in [0.15, 0.2) is 11.9 Å². The molecule has 0 aliphatic heterocycles. The second-order valence-electron chi connectivity index (χ2n) is 2.23.